The Balaban J connectivity index is 1.95. The van der Waals surface area contributed by atoms with Gasteiger partial charge >= 0.3 is 5.97 Å². The molecule has 0 bridgehead atoms. The molecule has 1 aromatic heterocycles. The molecule has 3 rings (SSSR count). The van der Waals surface area contributed by atoms with Gasteiger partial charge < -0.3 is 10.1 Å². The number of esters is 1. The smallest absolute Gasteiger partial charge is 0.358 e. The Morgan fingerprint density at radius 1 is 1.12 bits per heavy atom. The van der Waals surface area contributed by atoms with E-state index < -0.39 is 5.97 Å². The van der Waals surface area contributed by atoms with Gasteiger partial charge in [-0.3, -0.25) is 9.48 Å². The molecule has 0 saturated carbocycles. The third-order valence-corrected chi connectivity index (χ3v) is 3.85. The molecule has 0 aliphatic heterocycles. The maximum Gasteiger partial charge on any atom is 0.358 e. The van der Waals surface area contributed by atoms with Gasteiger partial charge in [-0.05, 0) is 29.8 Å². The monoisotopic (exact) mass is 323 g/mol. The number of benzene rings is 2. The van der Waals surface area contributed by atoms with Gasteiger partial charge in [0.1, 0.15) is 0 Å². The molecule has 6 nitrogen and oxygen atoms in total. The number of hydrogen-bond donors (Lipinski definition) is 1. The Morgan fingerprint density at radius 3 is 2.54 bits per heavy atom. The van der Waals surface area contributed by atoms with Gasteiger partial charge in [0.25, 0.3) is 5.91 Å². The molecule has 3 aromatic rings. The van der Waals surface area contributed by atoms with Crippen molar-refractivity contribution in [2.75, 3.05) is 12.4 Å². The summed E-state index contributed by atoms with van der Waals surface area (Å²) in [4.78, 5) is 24.5. The van der Waals surface area contributed by atoms with Crippen LogP contribution in [0.4, 0.5) is 5.69 Å². The first-order chi connectivity index (χ1) is 11.5. The van der Waals surface area contributed by atoms with Crippen molar-refractivity contribution in [1.29, 1.82) is 0 Å². The minimum absolute atomic E-state index is 0.212. The van der Waals surface area contributed by atoms with Crippen molar-refractivity contribution in [2.45, 2.75) is 6.92 Å². The first-order valence-corrected chi connectivity index (χ1v) is 7.43. The number of nitrogens with zero attached hydrogens (tertiary/aromatic N) is 2. The number of rotatable bonds is 3. The largest absolute Gasteiger partial charge is 0.464 e. The fraction of sp³-hybridized carbons (Fsp3) is 0.167. The Morgan fingerprint density at radius 2 is 1.83 bits per heavy atom. The van der Waals surface area contributed by atoms with Crippen LogP contribution in [0, 0.1) is 6.92 Å². The normalized spacial score (nSPS) is 10.6. The molecule has 0 saturated heterocycles. The maximum absolute atomic E-state index is 12.6. The van der Waals surface area contributed by atoms with Gasteiger partial charge in [-0.1, -0.05) is 30.3 Å². The van der Waals surface area contributed by atoms with Crippen molar-refractivity contribution in [3.8, 4) is 0 Å². The van der Waals surface area contributed by atoms with Gasteiger partial charge in [-0.25, -0.2) is 4.79 Å². The number of carbonyl (C=O) groups is 2. The molecule has 0 radical (unpaired) electrons. The molecule has 0 atom stereocenters. The number of anilines is 1. The highest BCUT2D eigenvalue weighted by Gasteiger charge is 2.22. The number of aromatic nitrogens is 2. The minimum Gasteiger partial charge on any atom is -0.464 e. The number of nitrogens with one attached hydrogen (secondary N) is 1. The van der Waals surface area contributed by atoms with Crippen molar-refractivity contribution in [1.82, 2.24) is 9.78 Å². The topological polar surface area (TPSA) is 73.2 Å². The second-order valence-corrected chi connectivity index (χ2v) is 5.44. The van der Waals surface area contributed by atoms with Crippen molar-refractivity contribution in [3.05, 3.63) is 59.4 Å². The van der Waals surface area contributed by atoms with Gasteiger partial charge in [0.2, 0.25) is 0 Å². The van der Waals surface area contributed by atoms with Gasteiger partial charge in [0.15, 0.2) is 5.69 Å². The first kappa shape index (κ1) is 15.7. The summed E-state index contributed by atoms with van der Waals surface area (Å²) in [6.45, 7) is 1.72. The molecule has 6 heteroatoms. The number of hydrogen-bond acceptors (Lipinski definition) is 4. The average Bonchev–Trinajstić information content (AvgIpc) is 2.87. The summed E-state index contributed by atoms with van der Waals surface area (Å²) < 4.78 is 6.16. The van der Waals surface area contributed by atoms with Crippen LogP contribution in [-0.2, 0) is 11.8 Å². The van der Waals surface area contributed by atoms with Gasteiger partial charge in [-0.2, -0.15) is 5.10 Å². The fourth-order valence-electron chi connectivity index (χ4n) is 2.65. The van der Waals surface area contributed by atoms with E-state index in [1.165, 1.54) is 11.8 Å². The fourth-order valence-corrected chi connectivity index (χ4v) is 2.65. The number of methoxy groups -OCH3 is 1. The average molecular weight is 323 g/mol. The van der Waals surface area contributed by atoms with Crippen molar-refractivity contribution >= 4 is 28.3 Å². The van der Waals surface area contributed by atoms with Crippen LogP contribution < -0.4 is 5.32 Å². The second-order valence-electron chi connectivity index (χ2n) is 5.44. The molecule has 24 heavy (non-hydrogen) atoms. The molecule has 0 spiro atoms. The molecule has 0 aliphatic carbocycles. The first-order valence-electron chi connectivity index (χ1n) is 7.43. The number of amides is 1. The predicted molar refractivity (Wildman–Crippen MR) is 91.2 cm³/mol. The molecule has 2 aromatic carbocycles. The lowest BCUT2D eigenvalue weighted by molar-refractivity contribution is 0.0589. The van der Waals surface area contributed by atoms with E-state index in [1.54, 1.807) is 20.0 Å². The van der Waals surface area contributed by atoms with E-state index >= 15 is 0 Å². The quantitative estimate of drug-likeness (QED) is 0.752. The Kier molecular flexibility index (Phi) is 4.04. The lowest BCUT2D eigenvalue weighted by Gasteiger charge is -2.08. The van der Waals surface area contributed by atoms with Crippen LogP contribution in [0.15, 0.2) is 42.5 Å². The number of ether oxygens (including phenoxy) is 1. The lowest BCUT2D eigenvalue weighted by Crippen LogP contribution is -2.16. The summed E-state index contributed by atoms with van der Waals surface area (Å²) in [5.74, 6) is -0.853. The molecule has 1 amide bonds. The highest BCUT2D eigenvalue weighted by Crippen LogP contribution is 2.22. The van der Waals surface area contributed by atoms with Crippen LogP contribution in [0.25, 0.3) is 10.8 Å². The van der Waals surface area contributed by atoms with Crippen molar-refractivity contribution in [2.24, 2.45) is 7.05 Å². The summed E-state index contributed by atoms with van der Waals surface area (Å²) in [6, 6.07) is 13.3. The van der Waals surface area contributed by atoms with E-state index in [0.717, 1.165) is 10.8 Å². The van der Waals surface area contributed by atoms with Crippen LogP contribution in [0.3, 0.4) is 0 Å². The third-order valence-electron chi connectivity index (χ3n) is 3.85. The SMILES string of the molecule is COC(=O)c1c(NC(=O)c2ccc3ccccc3c2)c(C)nn1C. The number of carbonyl (C=O) groups excluding carboxylic acids is 2. The molecular weight excluding hydrogens is 306 g/mol. The molecule has 1 N–H and O–H groups in total. The zero-order valence-electron chi connectivity index (χ0n) is 13.7. The predicted octanol–water partition coefficient (Wildman–Crippen LogP) is 2.92. The Hall–Kier alpha value is -3.15. The molecule has 122 valence electrons. The Bertz CT molecular complexity index is 944. The minimum atomic E-state index is -0.549. The van der Waals surface area contributed by atoms with E-state index in [-0.39, 0.29) is 11.6 Å². The molecule has 1 heterocycles. The van der Waals surface area contributed by atoms with Gasteiger partial charge in [0.05, 0.1) is 18.5 Å². The Labute approximate surface area is 139 Å². The molecule has 0 fully saturated rings. The number of aryl methyl sites for hydroxylation is 2. The van der Waals surface area contributed by atoms with E-state index in [1.807, 2.05) is 36.4 Å². The van der Waals surface area contributed by atoms with Gasteiger partial charge in [0, 0.05) is 12.6 Å². The lowest BCUT2D eigenvalue weighted by atomic mass is 10.1. The third kappa shape index (κ3) is 2.74. The van der Waals surface area contributed by atoms with E-state index in [2.05, 4.69) is 10.4 Å². The van der Waals surface area contributed by atoms with Gasteiger partial charge in [-0.15, -0.1) is 0 Å². The zero-order valence-corrected chi connectivity index (χ0v) is 13.7. The molecule has 0 unspecified atom stereocenters. The standard InChI is InChI=1S/C18H17N3O3/c1-11-15(16(18(23)24-3)21(2)20-11)19-17(22)14-9-8-12-6-4-5-7-13(12)10-14/h4-10H,1-3H3,(H,19,22). The number of fused-ring (bicyclic) bond motifs is 1. The maximum atomic E-state index is 12.6. The van der Waals surface area contributed by atoms with Crippen LogP contribution in [-0.4, -0.2) is 28.8 Å². The summed E-state index contributed by atoms with van der Waals surface area (Å²) in [5.41, 5.74) is 1.63. The zero-order chi connectivity index (χ0) is 17.3. The van der Waals surface area contributed by atoms with Crippen molar-refractivity contribution in [3.63, 3.8) is 0 Å². The van der Waals surface area contributed by atoms with E-state index in [0.29, 0.717) is 16.9 Å². The van der Waals surface area contributed by atoms with Crippen LogP contribution >= 0.6 is 0 Å². The van der Waals surface area contributed by atoms with E-state index in [9.17, 15) is 9.59 Å². The highest BCUT2D eigenvalue weighted by molar-refractivity contribution is 6.09. The second kappa shape index (κ2) is 6.16. The highest BCUT2D eigenvalue weighted by atomic mass is 16.5. The van der Waals surface area contributed by atoms with Crippen LogP contribution in [0.1, 0.15) is 26.5 Å². The summed E-state index contributed by atoms with van der Waals surface area (Å²) >= 11 is 0. The summed E-state index contributed by atoms with van der Waals surface area (Å²) in [5, 5.41) is 8.98. The van der Waals surface area contributed by atoms with Crippen LogP contribution in [0.5, 0.6) is 0 Å². The van der Waals surface area contributed by atoms with E-state index in [4.69, 9.17) is 4.74 Å². The molecule has 0 aliphatic rings. The van der Waals surface area contributed by atoms with Crippen molar-refractivity contribution < 1.29 is 14.3 Å². The molecular formula is C18H17N3O3. The van der Waals surface area contributed by atoms with Crippen LogP contribution in [0.2, 0.25) is 0 Å². The summed E-state index contributed by atoms with van der Waals surface area (Å²) in [6.07, 6.45) is 0. The summed E-state index contributed by atoms with van der Waals surface area (Å²) in [7, 11) is 2.92.